The largest absolute Gasteiger partial charge is 0.325 e. The molecule has 0 spiro atoms. The van der Waals surface area contributed by atoms with Crippen molar-refractivity contribution in [2.24, 2.45) is 0 Å². The molecule has 2 aromatic rings. The predicted octanol–water partition coefficient (Wildman–Crippen LogP) is 0.0514. The summed E-state index contributed by atoms with van der Waals surface area (Å²) in [7, 11) is 0. The summed E-state index contributed by atoms with van der Waals surface area (Å²) in [5.41, 5.74) is 1.03. The normalized spacial score (nSPS) is 10.4. The third kappa shape index (κ3) is 0.621. The molecule has 10 heavy (non-hydrogen) atoms. The highest BCUT2D eigenvalue weighted by Crippen LogP contribution is 1.98. The molecule has 1 radical (unpaired) electrons. The number of hydrogen-bond donors (Lipinski definition) is 2. The van der Waals surface area contributed by atoms with Crippen LogP contribution >= 0.6 is 0 Å². The molecule has 0 aliphatic heterocycles. The molecule has 0 unspecified atom stereocenters. The van der Waals surface area contributed by atoms with E-state index in [0.717, 1.165) is 0 Å². The molecule has 0 fully saturated rings. The van der Waals surface area contributed by atoms with E-state index >= 15 is 0 Å². The van der Waals surface area contributed by atoms with Crippen LogP contribution in [0.25, 0.3) is 11.2 Å². The van der Waals surface area contributed by atoms with Crippen LogP contribution in [0.5, 0.6) is 0 Å². The summed E-state index contributed by atoms with van der Waals surface area (Å²) in [6.45, 7) is 0. The van der Waals surface area contributed by atoms with E-state index in [2.05, 4.69) is 21.0 Å². The van der Waals surface area contributed by atoms with Crippen molar-refractivity contribution in [3.63, 3.8) is 0 Å². The second kappa shape index (κ2) is 1.70. The number of fused-ring (bicyclic) bond motifs is 1. The Labute approximate surface area is 55.9 Å². The third-order valence-corrected chi connectivity index (χ3v) is 1.23. The zero-order valence-corrected chi connectivity index (χ0v) is 5.01. The van der Waals surface area contributed by atoms with E-state index in [1.165, 1.54) is 6.20 Å². The molecule has 0 amide bonds. The van der Waals surface area contributed by atoms with E-state index in [4.69, 9.17) is 0 Å². The van der Waals surface area contributed by atoms with Crippen LogP contribution in [0.3, 0.4) is 0 Å². The van der Waals surface area contributed by atoms with Crippen molar-refractivity contribution < 1.29 is 0 Å². The number of hydrogen-bond acceptors (Lipinski definition) is 2. The standard InChI is InChI=1S/C6H4N3O/c10-6-8-4-2-1-3-7-5(4)9-6/h2-3H,(H2,7,8,9,10). The van der Waals surface area contributed by atoms with Crippen LogP contribution in [0.2, 0.25) is 0 Å². The van der Waals surface area contributed by atoms with Crippen molar-refractivity contribution in [3.8, 4) is 0 Å². The number of nitrogens with zero attached hydrogens (tertiary/aromatic N) is 1. The number of H-pyrrole nitrogens is 2. The van der Waals surface area contributed by atoms with Gasteiger partial charge in [0.05, 0.1) is 5.52 Å². The van der Waals surface area contributed by atoms with Gasteiger partial charge in [0.2, 0.25) is 0 Å². The third-order valence-electron chi connectivity index (χ3n) is 1.23. The summed E-state index contributed by atoms with van der Waals surface area (Å²) < 4.78 is 0. The lowest BCUT2D eigenvalue weighted by Crippen LogP contribution is -1.99. The molecule has 49 valence electrons. The fourth-order valence-electron chi connectivity index (χ4n) is 0.816. The van der Waals surface area contributed by atoms with E-state index in [0.29, 0.717) is 11.2 Å². The molecule has 0 aromatic carbocycles. The Balaban J connectivity index is 3.01. The number of aromatic amines is 2. The minimum absolute atomic E-state index is 0.234. The highest BCUT2D eigenvalue weighted by molar-refractivity contribution is 5.68. The van der Waals surface area contributed by atoms with Crippen LogP contribution in [-0.4, -0.2) is 15.0 Å². The number of nitrogens with one attached hydrogen (secondary N) is 2. The van der Waals surface area contributed by atoms with E-state index in [1.807, 2.05) is 0 Å². The quantitative estimate of drug-likeness (QED) is 0.534. The highest BCUT2D eigenvalue weighted by atomic mass is 16.1. The maximum Gasteiger partial charge on any atom is 0.325 e. The maximum absolute atomic E-state index is 10.6. The Hall–Kier alpha value is -1.58. The molecule has 2 aromatic heterocycles. The first-order valence-corrected chi connectivity index (χ1v) is 2.80. The average molecular weight is 134 g/mol. The van der Waals surface area contributed by atoms with Crippen LogP contribution in [0.4, 0.5) is 0 Å². The minimum atomic E-state index is -0.234. The van der Waals surface area contributed by atoms with Crippen molar-refractivity contribution >= 4 is 11.2 Å². The smallest absolute Gasteiger partial charge is 0.304 e. The predicted molar refractivity (Wildman–Crippen MR) is 35.6 cm³/mol. The molecular formula is C6H4N3O. The molecular weight excluding hydrogens is 130 g/mol. The monoisotopic (exact) mass is 134 g/mol. The average Bonchev–Trinajstić information content (AvgIpc) is 2.27. The summed E-state index contributed by atoms with van der Waals surface area (Å²) in [4.78, 5) is 19.6. The molecule has 0 saturated heterocycles. The van der Waals surface area contributed by atoms with Gasteiger partial charge in [-0.05, 0) is 6.07 Å². The van der Waals surface area contributed by atoms with Gasteiger partial charge < -0.3 is 4.98 Å². The number of aromatic nitrogens is 3. The number of rotatable bonds is 0. The van der Waals surface area contributed by atoms with Gasteiger partial charge in [-0.1, -0.05) is 0 Å². The molecule has 0 saturated carbocycles. The second-order valence-corrected chi connectivity index (χ2v) is 1.91. The van der Waals surface area contributed by atoms with Crippen LogP contribution in [-0.2, 0) is 0 Å². The molecule has 0 aliphatic carbocycles. The lowest BCUT2D eigenvalue weighted by molar-refractivity contribution is 1.20. The van der Waals surface area contributed by atoms with Gasteiger partial charge in [-0.3, -0.25) is 4.98 Å². The van der Waals surface area contributed by atoms with Crippen molar-refractivity contribution in [2.45, 2.75) is 0 Å². The van der Waals surface area contributed by atoms with Crippen molar-refractivity contribution in [1.82, 2.24) is 15.0 Å². The fourth-order valence-corrected chi connectivity index (χ4v) is 0.816. The summed E-state index contributed by atoms with van der Waals surface area (Å²) in [5.74, 6) is 0. The minimum Gasteiger partial charge on any atom is -0.304 e. The fraction of sp³-hybridized carbons (Fsp3) is 0. The van der Waals surface area contributed by atoms with Crippen LogP contribution < -0.4 is 5.69 Å². The Morgan fingerprint density at radius 3 is 3.20 bits per heavy atom. The molecule has 2 rings (SSSR count). The molecule has 4 heteroatoms. The first-order valence-electron chi connectivity index (χ1n) is 2.80. The Morgan fingerprint density at radius 2 is 2.40 bits per heavy atom. The summed E-state index contributed by atoms with van der Waals surface area (Å²) in [6.07, 6.45) is 1.51. The Morgan fingerprint density at radius 1 is 1.50 bits per heavy atom. The molecule has 2 heterocycles. The zero-order valence-electron chi connectivity index (χ0n) is 5.01. The lowest BCUT2D eigenvalue weighted by atomic mass is 10.4. The lowest BCUT2D eigenvalue weighted by Gasteiger charge is -1.80. The van der Waals surface area contributed by atoms with Crippen LogP contribution in [0.15, 0.2) is 17.1 Å². The van der Waals surface area contributed by atoms with Crippen molar-refractivity contribution in [1.29, 1.82) is 0 Å². The maximum atomic E-state index is 10.6. The van der Waals surface area contributed by atoms with Crippen molar-refractivity contribution in [2.75, 3.05) is 0 Å². The van der Waals surface area contributed by atoms with E-state index in [-0.39, 0.29) is 5.69 Å². The van der Waals surface area contributed by atoms with Gasteiger partial charge in [0.15, 0.2) is 5.65 Å². The second-order valence-electron chi connectivity index (χ2n) is 1.91. The zero-order chi connectivity index (χ0) is 6.97. The number of imidazole rings is 1. The SMILES string of the molecule is O=c1[nH]c2c[c]cnc2[nH]1. The van der Waals surface area contributed by atoms with Gasteiger partial charge >= 0.3 is 5.69 Å². The van der Waals surface area contributed by atoms with Gasteiger partial charge in [-0.2, -0.15) is 0 Å². The van der Waals surface area contributed by atoms with Gasteiger partial charge in [-0.15, -0.1) is 0 Å². The number of pyridine rings is 1. The first kappa shape index (κ1) is 5.22. The summed E-state index contributed by atoms with van der Waals surface area (Å²) in [6, 6.07) is 4.41. The van der Waals surface area contributed by atoms with Crippen LogP contribution in [0.1, 0.15) is 0 Å². The van der Waals surface area contributed by atoms with Crippen LogP contribution in [0, 0.1) is 6.07 Å². The Bertz CT molecular complexity index is 364. The van der Waals surface area contributed by atoms with Gasteiger partial charge in [0, 0.05) is 12.3 Å². The van der Waals surface area contributed by atoms with E-state index in [1.54, 1.807) is 6.07 Å². The summed E-state index contributed by atoms with van der Waals surface area (Å²) in [5, 5.41) is 0. The molecule has 2 N–H and O–H groups in total. The van der Waals surface area contributed by atoms with Crippen molar-refractivity contribution in [3.05, 3.63) is 28.8 Å². The molecule has 0 bridgehead atoms. The van der Waals surface area contributed by atoms with Gasteiger partial charge in [0.25, 0.3) is 0 Å². The highest BCUT2D eigenvalue weighted by Gasteiger charge is 1.94. The molecule has 4 nitrogen and oxygen atoms in total. The topological polar surface area (TPSA) is 61.5 Å². The van der Waals surface area contributed by atoms with E-state index < -0.39 is 0 Å². The van der Waals surface area contributed by atoms with E-state index in [9.17, 15) is 4.79 Å². The summed E-state index contributed by atoms with van der Waals surface area (Å²) >= 11 is 0. The van der Waals surface area contributed by atoms with Gasteiger partial charge in [-0.25, -0.2) is 9.78 Å². The molecule has 0 aliphatic rings. The van der Waals surface area contributed by atoms with Gasteiger partial charge in [0.1, 0.15) is 0 Å². The molecule has 0 atom stereocenters. The first-order chi connectivity index (χ1) is 4.86. The Kier molecular flexibility index (Phi) is 0.887.